The van der Waals surface area contributed by atoms with Crippen LogP contribution in [0.1, 0.15) is 60.3 Å². The summed E-state index contributed by atoms with van der Waals surface area (Å²) >= 11 is 0. The zero-order chi connectivity index (χ0) is 37.0. The summed E-state index contributed by atoms with van der Waals surface area (Å²) in [7, 11) is -7.06. The van der Waals surface area contributed by atoms with Crippen LogP contribution < -0.4 is 11.1 Å². The van der Waals surface area contributed by atoms with Gasteiger partial charge in [-0.1, -0.05) is 24.3 Å². The largest absolute Gasteiger partial charge is 0.444 e. The van der Waals surface area contributed by atoms with Crippen molar-refractivity contribution < 1.29 is 26.4 Å². The van der Waals surface area contributed by atoms with Crippen LogP contribution >= 0.6 is 0 Å². The Bertz CT molecular complexity index is 2020. The van der Waals surface area contributed by atoms with Crippen molar-refractivity contribution in [2.45, 2.75) is 87.8 Å². The number of nitrogens with zero attached hydrogens (tertiary/aromatic N) is 4. The lowest BCUT2D eigenvalue weighted by Crippen LogP contribution is -2.46. The number of ether oxygens (including phenoxy) is 1. The van der Waals surface area contributed by atoms with Crippen LogP contribution in [0.15, 0.2) is 83.1 Å². The number of hydrogen-bond acceptors (Lipinski definition) is 9. The predicted molar refractivity (Wildman–Crippen MR) is 199 cm³/mol. The second kappa shape index (κ2) is 15.9. The molecule has 2 aromatic carbocycles. The molecular formula is C37H50N6O6S2. The van der Waals surface area contributed by atoms with Gasteiger partial charge in [-0.05, 0) is 96.4 Å². The van der Waals surface area contributed by atoms with Crippen LogP contribution in [0, 0.1) is 11.8 Å². The number of nitrogens with one attached hydrogen (secondary N) is 1. The van der Waals surface area contributed by atoms with Crippen molar-refractivity contribution in [2.24, 2.45) is 17.6 Å². The molecular weight excluding hydrogens is 689 g/mol. The molecule has 2 aliphatic rings. The summed E-state index contributed by atoms with van der Waals surface area (Å²) in [5.74, 6) is 0.605. The van der Waals surface area contributed by atoms with Gasteiger partial charge in [-0.2, -0.15) is 8.61 Å². The molecule has 14 heteroatoms. The molecule has 6 rings (SSSR count). The molecule has 276 valence electrons. The number of sulfonamides is 2. The Labute approximate surface area is 301 Å². The average Bonchev–Trinajstić information content (AvgIpc) is 3.10. The van der Waals surface area contributed by atoms with Gasteiger partial charge >= 0.3 is 6.09 Å². The first-order valence-electron chi connectivity index (χ1n) is 17.5. The lowest BCUT2D eigenvalue weighted by Gasteiger charge is -2.34. The molecule has 4 heterocycles. The molecule has 2 atom stereocenters. The lowest BCUT2D eigenvalue weighted by molar-refractivity contribution is 0.0481. The van der Waals surface area contributed by atoms with Crippen molar-refractivity contribution in [2.75, 3.05) is 26.2 Å². The van der Waals surface area contributed by atoms with E-state index >= 15 is 0 Å². The fraction of sp³-hybridized carbons (Fsp3) is 0.486. The SMILES string of the molecule is C[C@@H](N)C1CCN(S(=O)(=O)c2cccc3cnccc23)CC1.C[C@@H](NC(=O)OC(C)(C)C)C1CCN(S(=O)(=O)c2cccc3cnccc23)CC1. The Hall–Kier alpha value is -3.69. The van der Waals surface area contributed by atoms with Crippen molar-refractivity contribution in [3.05, 3.63) is 73.3 Å². The highest BCUT2D eigenvalue weighted by atomic mass is 32.2. The van der Waals surface area contributed by atoms with E-state index < -0.39 is 31.7 Å². The van der Waals surface area contributed by atoms with E-state index in [1.165, 1.54) is 0 Å². The van der Waals surface area contributed by atoms with Crippen molar-refractivity contribution >= 4 is 47.7 Å². The van der Waals surface area contributed by atoms with Gasteiger partial charge in [0.2, 0.25) is 20.0 Å². The minimum atomic E-state index is -3.59. The van der Waals surface area contributed by atoms with E-state index in [0.717, 1.165) is 29.0 Å². The number of pyridine rings is 2. The fourth-order valence-corrected chi connectivity index (χ4v) is 10.2. The quantitative estimate of drug-likeness (QED) is 0.248. The molecule has 0 radical (unpaired) electrons. The van der Waals surface area contributed by atoms with Gasteiger partial charge in [-0.25, -0.2) is 21.6 Å². The Morgan fingerprint density at radius 2 is 1.20 bits per heavy atom. The standard InChI is InChI=1S/C21H29N3O4S.C16H21N3O2S/c1-15(23-20(25)28-21(2,3)4)16-9-12-24(13-10-16)29(26,27)19-7-5-6-17-14-22-11-8-18(17)19;1-12(17)13-6-9-19(10-7-13)22(20,21)16-4-2-3-14-11-18-8-5-15(14)16/h5-8,11,14-16H,9-10,12-13H2,1-4H3,(H,23,25);2-5,8,11-13H,6-7,9-10,17H2,1H3/t15-;12-/m11/s1. The van der Waals surface area contributed by atoms with Crippen LogP contribution in [0.25, 0.3) is 21.5 Å². The van der Waals surface area contributed by atoms with Crippen LogP contribution in [0.5, 0.6) is 0 Å². The van der Waals surface area contributed by atoms with E-state index in [1.807, 2.05) is 46.8 Å². The molecule has 0 aliphatic carbocycles. The molecule has 0 saturated carbocycles. The number of nitrogens with two attached hydrogens (primary N) is 1. The molecule has 0 bridgehead atoms. The number of fused-ring (bicyclic) bond motifs is 2. The normalized spacial score (nSPS) is 18.5. The van der Waals surface area contributed by atoms with E-state index in [2.05, 4.69) is 15.3 Å². The number of carbonyl (C=O) groups excluding carboxylic acids is 1. The third kappa shape index (κ3) is 9.22. The van der Waals surface area contributed by atoms with Gasteiger partial charge in [-0.3, -0.25) is 9.97 Å². The molecule has 51 heavy (non-hydrogen) atoms. The molecule has 4 aromatic rings. The van der Waals surface area contributed by atoms with Crippen LogP contribution in [0.4, 0.5) is 4.79 Å². The number of rotatable bonds is 7. The maximum atomic E-state index is 13.2. The number of aromatic nitrogens is 2. The minimum absolute atomic E-state index is 0.0849. The number of alkyl carbamates (subject to hydrolysis) is 1. The predicted octanol–water partition coefficient (Wildman–Crippen LogP) is 5.53. The van der Waals surface area contributed by atoms with E-state index in [1.54, 1.807) is 69.8 Å². The van der Waals surface area contributed by atoms with Gasteiger partial charge in [-0.15, -0.1) is 0 Å². The summed E-state index contributed by atoms with van der Waals surface area (Å²) in [6, 6.07) is 14.1. The Kier molecular flexibility index (Phi) is 12.0. The van der Waals surface area contributed by atoms with Crippen LogP contribution in [-0.4, -0.2) is 85.4 Å². The Morgan fingerprint density at radius 1 is 0.765 bits per heavy atom. The molecule has 12 nitrogen and oxygen atoms in total. The van der Waals surface area contributed by atoms with Crippen molar-refractivity contribution in [1.82, 2.24) is 23.9 Å². The van der Waals surface area contributed by atoms with E-state index in [-0.39, 0.29) is 18.0 Å². The molecule has 0 unspecified atom stereocenters. The second-order valence-electron chi connectivity index (χ2n) is 14.5. The summed E-state index contributed by atoms with van der Waals surface area (Å²) < 4.78 is 60.8. The van der Waals surface area contributed by atoms with Crippen molar-refractivity contribution in [3.63, 3.8) is 0 Å². The zero-order valence-corrected chi connectivity index (χ0v) is 31.7. The van der Waals surface area contributed by atoms with Crippen molar-refractivity contribution in [3.8, 4) is 0 Å². The Morgan fingerprint density at radius 3 is 1.61 bits per heavy atom. The van der Waals surface area contributed by atoms with Gasteiger partial charge in [0.05, 0.1) is 9.79 Å². The molecule has 0 spiro atoms. The average molecular weight is 739 g/mol. The molecule has 2 aliphatic heterocycles. The highest BCUT2D eigenvalue weighted by molar-refractivity contribution is 7.89. The number of benzene rings is 2. The van der Waals surface area contributed by atoms with E-state index in [4.69, 9.17) is 10.5 Å². The molecule has 1 amide bonds. The third-order valence-corrected chi connectivity index (χ3v) is 13.6. The zero-order valence-electron chi connectivity index (χ0n) is 30.0. The fourth-order valence-electron chi connectivity index (χ4n) is 6.78. The highest BCUT2D eigenvalue weighted by Crippen LogP contribution is 2.31. The summed E-state index contributed by atoms with van der Waals surface area (Å²) in [6.45, 7) is 11.3. The van der Waals surface area contributed by atoms with Gasteiger partial charge in [0.25, 0.3) is 0 Å². The first kappa shape index (κ1) is 38.5. The Balaban J connectivity index is 0.000000205. The summed E-state index contributed by atoms with van der Waals surface area (Å²) in [5.41, 5.74) is 5.39. The maximum absolute atomic E-state index is 13.2. The highest BCUT2D eigenvalue weighted by Gasteiger charge is 2.34. The number of carbonyl (C=O) groups is 1. The van der Waals surface area contributed by atoms with Crippen molar-refractivity contribution in [1.29, 1.82) is 0 Å². The van der Waals surface area contributed by atoms with E-state index in [9.17, 15) is 21.6 Å². The first-order chi connectivity index (χ1) is 24.1. The lowest BCUT2D eigenvalue weighted by atomic mass is 9.91. The molecule has 3 N–H and O–H groups in total. The second-order valence-corrected chi connectivity index (χ2v) is 18.3. The van der Waals surface area contributed by atoms with Crippen LogP contribution in [-0.2, 0) is 24.8 Å². The summed E-state index contributed by atoms with van der Waals surface area (Å²) in [6.07, 6.45) is 9.17. The smallest absolute Gasteiger partial charge is 0.407 e. The molecule has 2 saturated heterocycles. The topological polar surface area (TPSA) is 165 Å². The molecule has 2 aromatic heterocycles. The van der Waals surface area contributed by atoms with Gasteiger partial charge < -0.3 is 15.8 Å². The van der Waals surface area contributed by atoms with Gasteiger partial charge in [0.1, 0.15) is 5.60 Å². The summed E-state index contributed by atoms with van der Waals surface area (Å²) in [4.78, 5) is 20.8. The number of amides is 1. The van der Waals surface area contributed by atoms with E-state index in [0.29, 0.717) is 60.1 Å². The van der Waals surface area contributed by atoms with Crippen LogP contribution in [0.3, 0.4) is 0 Å². The monoisotopic (exact) mass is 738 g/mol. The first-order valence-corrected chi connectivity index (χ1v) is 20.4. The number of hydrogen-bond donors (Lipinski definition) is 2. The maximum Gasteiger partial charge on any atom is 0.407 e. The van der Waals surface area contributed by atoms with Gasteiger partial charge in [0.15, 0.2) is 0 Å². The third-order valence-electron chi connectivity index (χ3n) is 9.71. The van der Waals surface area contributed by atoms with Crippen LogP contribution in [0.2, 0.25) is 0 Å². The minimum Gasteiger partial charge on any atom is -0.444 e. The van der Waals surface area contributed by atoms with Gasteiger partial charge in [0, 0.05) is 84.6 Å². The summed E-state index contributed by atoms with van der Waals surface area (Å²) in [5, 5.41) is 5.94. The number of piperidine rings is 2. The molecule has 2 fully saturated rings.